The molecule has 5 heteroatoms. The topological polar surface area (TPSA) is 58.6 Å². The molecule has 0 aromatic heterocycles. The van der Waals surface area contributed by atoms with Crippen molar-refractivity contribution in [1.29, 1.82) is 0 Å². The minimum Gasteiger partial charge on any atom is -0.493 e. The van der Waals surface area contributed by atoms with Gasteiger partial charge in [-0.3, -0.25) is 9.59 Å². The summed E-state index contributed by atoms with van der Waals surface area (Å²) in [6.45, 7) is 1.31. The molecule has 4 rings (SSSR count). The van der Waals surface area contributed by atoms with E-state index in [1.165, 1.54) is 0 Å². The number of amides is 2. The lowest BCUT2D eigenvalue weighted by Crippen LogP contribution is -2.32. The molecule has 0 spiro atoms. The first-order valence-corrected chi connectivity index (χ1v) is 8.65. The number of fused-ring (bicyclic) bond motifs is 1. The van der Waals surface area contributed by atoms with Crippen LogP contribution in [0, 0.1) is 0 Å². The summed E-state index contributed by atoms with van der Waals surface area (Å²) >= 11 is 0. The Hall–Kier alpha value is -2.82. The molecule has 0 unspecified atom stereocenters. The smallest absolute Gasteiger partial charge is 0.251 e. The number of anilines is 1. The van der Waals surface area contributed by atoms with Crippen molar-refractivity contribution in [3.63, 3.8) is 0 Å². The van der Waals surface area contributed by atoms with Crippen LogP contribution in [0.5, 0.6) is 5.75 Å². The molecular weight excluding hydrogens is 316 g/mol. The molecule has 0 saturated carbocycles. The Bertz CT molecular complexity index is 818. The van der Waals surface area contributed by atoms with E-state index >= 15 is 0 Å². The van der Waals surface area contributed by atoms with Gasteiger partial charge in [-0.05, 0) is 30.7 Å². The number of carbonyl (C=O) groups is 2. The third kappa shape index (κ3) is 3.09. The zero-order valence-electron chi connectivity index (χ0n) is 13.9. The van der Waals surface area contributed by atoms with E-state index in [4.69, 9.17) is 4.74 Å². The van der Waals surface area contributed by atoms with Gasteiger partial charge in [-0.1, -0.05) is 24.3 Å². The summed E-state index contributed by atoms with van der Waals surface area (Å²) in [6.07, 6.45) is 2.19. The molecule has 1 fully saturated rings. The minimum absolute atomic E-state index is 0.0606. The number of carbonyl (C=O) groups excluding carboxylic acids is 2. The van der Waals surface area contributed by atoms with Crippen LogP contribution >= 0.6 is 0 Å². The van der Waals surface area contributed by atoms with E-state index in [0.29, 0.717) is 18.6 Å². The summed E-state index contributed by atoms with van der Waals surface area (Å²) in [5, 5.41) is 3.10. The Balaban J connectivity index is 1.53. The molecule has 0 bridgehead atoms. The van der Waals surface area contributed by atoms with Crippen molar-refractivity contribution in [3.05, 3.63) is 59.7 Å². The predicted octanol–water partition coefficient (Wildman–Crippen LogP) is 3.07. The molecule has 2 aromatic rings. The third-order valence-corrected chi connectivity index (χ3v) is 4.76. The molecule has 0 radical (unpaired) electrons. The lowest BCUT2D eigenvalue weighted by molar-refractivity contribution is -0.117. The van der Waals surface area contributed by atoms with Crippen molar-refractivity contribution in [2.45, 2.75) is 25.3 Å². The quantitative estimate of drug-likeness (QED) is 0.937. The largest absolute Gasteiger partial charge is 0.493 e. The molecule has 2 aliphatic heterocycles. The minimum atomic E-state index is -0.129. The molecule has 128 valence electrons. The average Bonchev–Trinajstić information content (AvgIpc) is 3.08. The Kier molecular flexibility index (Phi) is 4.14. The maximum atomic E-state index is 12.7. The highest BCUT2D eigenvalue weighted by Crippen LogP contribution is 2.32. The van der Waals surface area contributed by atoms with Gasteiger partial charge < -0.3 is 15.0 Å². The molecule has 5 nitrogen and oxygen atoms in total. The van der Waals surface area contributed by atoms with E-state index < -0.39 is 0 Å². The number of hydrogen-bond acceptors (Lipinski definition) is 3. The monoisotopic (exact) mass is 336 g/mol. The highest BCUT2D eigenvalue weighted by atomic mass is 16.5. The second kappa shape index (κ2) is 6.59. The van der Waals surface area contributed by atoms with Crippen LogP contribution in [-0.2, 0) is 4.79 Å². The first-order chi connectivity index (χ1) is 12.2. The Morgan fingerprint density at radius 1 is 1.16 bits per heavy atom. The van der Waals surface area contributed by atoms with E-state index in [9.17, 15) is 9.59 Å². The lowest BCUT2D eigenvalue weighted by atomic mass is 10.00. The molecular formula is C20H20N2O3. The Morgan fingerprint density at radius 2 is 2.04 bits per heavy atom. The molecule has 1 atom stereocenters. The predicted molar refractivity (Wildman–Crippen MR) is 94.8 cm³/mol. The summed E-state index contributed by atoms with van der Waals surface area (Å²) in [4.78, 5) is 26.4. The van der Waals surface area contributed by atoms with E-state index in [1.54, 1.807) is 17.0 Å². The van der Waals surface area contributed by atoms with Gasteiger partial charge in [0.15, 0.2) is 0 Å². The van der Waals surface area contributed by atoms with Crippen LogP contribution in [0.2, 0.25) is 0 Å². The van der Waals surface area contributed by atoms with Crippen LogP contribution in [0.3, 0.4) is 0 Å². The summed E-state index contributed by atoms with van der Waals surface area (Å²) in [5.41, 5.74) is 2.37. The van der Waals surface area contributed by atoms with Crippen LogP contribution < -0.4 is 15.0 Å². The maximum Gasteiger partial charge on any atom is 0.251 e. The number of hydrogen-bond donors (Lipinski definition) is 1. The lowest BCUT2D eigenvalue weighted by Gasteiger charge is -2.26. The van der Waals surface area contributed by atoms with Crippen LogP contribution in [0.4, 0.5) is 5.69 Å². The normalized spacial score (nSPS) is 19.3. The van der Waals surface area contributed by atoms with Gasteiger partial charge in [0.25, 0.3) is 5.91 Å². The van der Waals surface area contributed by atoms with E-state index in [2.05, 4.69) is 5.32 Å². The standard InChI is InChI=1S/C20H20N2O3/c23-19-9-4-11-22(19)15-6-3-5-14(13-15)20(24)21-17-10-12-25-18-8-2-1-7-16(17)18/h1-3,5-8,13,17H,4,9-12H2,(H,21,24)/t17-/m1/s1. The maximum absolute atomic E-state index is 12.7. The fraction of sp³-hybridized carbons (Fsp3) is 0.300. The highest BCUT2D eigenvalue weighted by Gasteiger charge is 2.25. The Labute approximate surface area is 146 Å². The number of rotatable bonds is 3. The number of para-hydroxylation sites is 1. The van der Waals surface area contributed by atoms with Gasteiger partial charge in [-0.15, -0.1) is 0 Å². The van der Waals surface area contributed by atoms with E-state index in [-0.39, 0.29) is 17.9 Å². The summed E-state index contributed by atoms with van der Waals surface area (Å²) in [6, 6.07) is 15.0. The molecule has 2 aromatic carbocycles. The second-order valence-corrected chi connectivity index (χ2v) is 6.40. The van der Waals surface area contributed by atoms with E-state index in [0.717, 1.165) is 36.4 Å². The van der Waals surface area contributed by atoms with Gasteiger partial charge in [0.05, 0.1) is 12.6 Å². The highest BCUT2D eigenvalue weighted by molar-refractivity contribution is 5.99. The van der Waals surface area contributed by atoms with Crippen molar-refractivity contribution < 1.29 is 14.3 Å². The van der Waals surface area contributed by atoms with E-state index in [1.807, 2.05) is 36.4 Å². The summed E-state index contributed by atoms with van der Waals surface area (Å²) in [5.74, 6) is 0.821. The molecule has 1 N–H and O–H groups in total. The summed E-state index contributed by atoms with van der Waals surface area (Å²) < 4.78 is 5.64. The van der Waals surface area contributed by atoms with Crippen LogP contribution in [0.15, 0.2) is 48.5 Å². The van der Waals surface area contributed by atoms with Crippen LogP contribution in [-0.4, -0.2) is 25.0 Å². The van der Waals surface area contributed by atoms with Crippen molar-refractivity contribution in [2.75, 3.05) is 18.1 Å². The molecule has 0 aliphatic carbocycles. The zero-order chi connectivity index (χ0) is 17.2. The SMILES string of the molecule is O=C(N[C@@H]1CCOc2ccccc21)c1cccc(N2CCCC2=O)c1. The van der Waals surface area contributed by atoms with Gasteiger partial charge in [-0.25, -0.2) is 0 Å². The first kappa shape index (κ1) is 15.7. The third-order valence-electron chi connectivity index (χ3n) is 4.76. The molecule has 1 saturated heterocycles. The fourth-order valence-electron chi connectivity index (χ4n) is 3.47. The van der Waals surface area contributed by atoms with Crippen LogP contribution in [0.25, 0.3) is 0 Å². The van der Waals surface area contributed by atoms with Gasteiger partial charge in [0.2, 0.25) is 5.91 Å². The second-order valence-electron chi connectivity index (χ2n) is 6.40. The van der Waals surface area contributed by atoms with Crippen LogP contribution in [0.1, 0.15) is 41.2 Å². The van der Waals surface area contributed by atoms with Gasteiger partial charge >= 0.3 is 0 Å². The van der Waals surface area contributed by atoms with Gasteiger partial charge in [0.1, 0.15) is 5.75 Å². The number of benzene rings is 2. The molecule has 2 heterocycles. The number of nitrogens with zero attached hydrogens (tertiary/aromatic N) is 1. The molecule has 2 amide bonds. The number of nitrogens with one attached hydrogen (secondary N) is 1. The van der Waals surface area contributed by atoms with Crippen molar-refractivity contribution >= 4 is 17.5 Å². The zero-order valence-corrected chi connectivity index (χ0v) is 13.9. The summed E-state index contributed by atoms with van der Waals surface area (Å²) in [7, 11) is 0. The molecule has 25 heavy (non-hydrogen) atoms. The first-order valence-electron chi connectivity index (χ1n) is 8.65. The van der Waals surface area contributed by atoms with Gasteiger partial charge in [0, 0.05) is 36.2 Å². The average molecular weight is 336 g/mol. The van der Waals surface area contributed by atoms with Crippen molar-refractivity contribution in [1.82, 2.24) is 5.32 Å². The van der Waals surface area contributed by atoms with Crippen molar-refractivity contribution in [2.24, 2.45) is 0 Å². The number of ether oxygens (including phenoxy) is 1. The fourth-order valence-corrected chi connectivity index (χ4v) is 3.47. The Morgan fingerprint density at radius 3 is 2.88 bits per heavy atom. The molecule has 2 aliphatic rings. The van der Waals surface area contributed by atoms with Gasteiger partial charge in [-0.2, -0.15) is 0 Å². The van der Waals surface area contributed by atoms with Crippen molar-refractivity contribution in [3.8, 4) is 5.75 Å².